The molecule has 1 atom stereocenters. The first kappa shape index (κ1) is 20.1. The van der Waals surface area contributed by atoms with Gasteiger partial charge in [0.15, 0.2) is 5.96 Å². The number of guanidine groups is 1. The van der Waals surface area contributed by atoms with Crippen molar-refractivity contribution < 1.29 is 9.66 Å². The van der Waals surface area contributed by atoms with Gasteiger partial charge in [-0.15, -0.1) is 0 Å². The van der Waals surface area contributed by atoms with E-state index in [1.165, 1.54) is 12.1 Å². The number of nitro groups is 1. The quantitative estimate of drug-likeness (QED) is 0.316. The van der Waals surface area contributed by atoms with Gasteiger partial charge in [-0.25, -0.2) is 4.99 Å². The number of hydrogen-bond donors (Lipinski definition) is 2. The third kappa shape index (κ3) is 6.61. The van der Waals surface area contributed by atoms with Crippen LogP contribution in [0, 0.1) is 10.1 Å². The molecule has 144 valence electrons. The average Bonchev–Trinajstić information content (AvgIpc) is 2.68. The first-order valence-electron chi connectivity index (χ1n) is 9.17. The summed E-state index contributed by atoms with van der Waals surface area (Å²) in [5, 5.41) is 17.4. The normalized spacial score (nSPS) is 16.9. The Labute approximate surface area is 154 Å². The van der Waals surface area contributed by atoms with E-state index in [4.69, 9.17) is 4.74 Å². The van der Waals surface area contributed by atoms with E-state index in [-0.39, 0.29) is 5.69 Å². The molecule has 8 heteroatoms. The van der Waals surface area contributed by atoms with Crippen molar-refractivity contribution >= 4 is 11.6 Å². The van der Waals surface area contributed by atoms with Gasteiger partial charge in [0.05, 0.1) is 24.7 Å². The van der Waals surface area contributed by atoms with Gasteiger partial charge in [0.1, 0.15) is 0 Å². The number of aliphatic imine (C=N–C) groups is 1. The van der Waals surface area contributed by atoms with Gasteiger partial charge >= 0.3 is 0 Å². The molecule has 1 saturated heterocycles. The Bertz CT molecular complexity index is 585. The minimum absolute atomic E-state index is 0.0968. The second-order valence-electron chi connectivity index (χ2n) is 6.39. The predicted octanol–water partition coefficient (Wildman–Crippen LogP) is 1.76. The zero-order valence-electron chi connectivity index (χ0n) is 15.6. The van der Waals surface area contributed by atoms with Gasteiger partial charge in [0.25, 0.3) is 5.69 Å². The summed E-state index contributed by atoms with van der Waals surface area (Å²) >= 11 is 0. The van der Waals surface area contributed by atoms with E-state index in [1.807, 2.05) is 0 Å². The SMILES string of the molecule is CCCNC(=NCc1ccc([N+](=O)[O-])cc1)NCC(C)N1CCOCC1. The van der Waals surface area contributed by atoms with Gasteiger partial charge < -0.3 is 15.4 Å². The number of benzene rings is 1. The summed E-state index contributed by atoms with van der Waals surface area (Å²) in [6, 6.07) is 6.91. The fourth-order valence-electron chi connectivity index (χ4n) is 2.70. The molecule has 2 rings (SSSR count). The van der Waals surface area contributed by atoms with Crippen LogP contribution >= 0.6 is 0 Å². The van der Waals surface area contributed by atoms with Gasteiger partial charge in [-0.05, 0) is 18.9 Å². The van der Waals surface area contributed by atoms with Crippen LogP contribution in [0.2, 0.25) is 0 Å². The monoisotopic (exact) mass is 363 g/mol. The summed E-state index contributed by atoms with van der Waals surface area (Å²) in [7, 11) is 0. The third-order valence-electron chi connectivity index (χ3n) is 4.34. The Balaban J connectivity index is 1.89. The Kier molecular flexibility index (Phi) is 8.30. The van der Waals surface area contributed by atoms with Crippen LogP contribution in [0.15, 0.2) is 29.3 Å². The molecule has 0 amide bonds. The Morgan fingerprint density at radius 1 is 1.31 bits per heavy atom. The van der Waals surface area contributed by atoms with E-state index in [9.17, 15) is 10.1 Å². The van der Waals surface area contributed by atoms with Crippen molar-refractivity contribution in [1.29, 1.82) is 0 Å². The van der Waals surface area contributed by atoms with Gasteiger partial charge in [-0.2, -0.15) is 0 Å². The van der Waals surface area contributed by atoms with Crippen molar-refractivity contribution in [3.63, 3.8) is 0 Å². The second-order valence-corrected chi connectivity index (χ2v) is 6.39. The molecule has 0 spiro atoms. The van der Waals surface area contributed by atoms with Gasteiger partial charge in [-0.1, -0.05) is 19.1 Å². The molecule has 0 aromatic heterocycles. The molecule has 0 bridgehead atoms. The van der Waals surface area contributed by atoms with Crippen molar-refractivity contribution in [3.8, 4) is 0 Å². The molecule has 1 heterocycles. The third-order valence-corrected chi connectivity index (χ3v) is 4.34. The summed E-state index contributed by atoms with van der Waals surface area (Å²) in [6.45, 7) is 9.93. The van der Waals surface area contributed by atoms with E-state index in [0.717, 1.165) is 57.3 Å². The van der Waals surface area contributed by atoms with Crippen molar-refractivity contribution in [1.82, 2.24) is 15.5 Å². The highest BCUT2D eigenvalue weighted by Gasteiger charge is 2.17. The number of rotatable bonds is 8. The smallest absolute Gasteiger partial charge is 0.269 e. The largest absolute Gasteiger partial charge is 0.379 e. The lowest BCUT2D eigenvalue weighted by Gasteiger charge is -2.32. The molecular weight excluding hydrogens is 334 g/mol. The fourth-order valence-corrected chi connectivity index (χ4v) is 2.70. The van der Waals surface area contributed by atoms with Crippen LogP contribution < -0.4 is 10.6 Å². The minimum Gasteiger partial charge on any atom is -0.379 e. The second kappa shape index (κ2) is 10.7. The van der Waals surface area contributed by atoms with E-state index < -0.39 is 4.92 Å². The molecule has 1 aromatic carbocycles. The summed E-state index contributed by atoms with van der Waals surface area (Å²) in [4.78, 5) is 17.3. The molecule has 26 heavy (non-hydrogen) atoms. The maximum absolute atomic E-state index is 10.7. The van der Waals surface area contributed by atoms with Crippen LogP contribution in [-0.4, -0.2) is 61.2 Å². The maximum Gasteiger partial charge on any atom is 0.269 e. The number of ether oxygens (including phenoxy) is 1. The Morgan fingerprint density at radius 3 is 2.62 bits per heavy atom. The molecule has 0 radical (unpaired) electrons. The van der Waals surface area contributed by atoms with Crippen LogP contribution in [0.4, 0.5) is 5.69 Å². The van der Waals surface area contributed by atoms with E-state index in [0.29, 0.717) is 12.6 Å². The molecule has 1 aliphatic rings. The minimum atomic E-state index is -0.393. The number of nitro benzene ring substituents is 1. The lowest BCUT2D eigenvalue weighted by Crippen LogP contribution is -2.49. The number of nitrogens with one attached hydrogen (secondary N) is 2. The van der Waals surface area contributed by atoms with Gasteiger partial charge in [0, 0.05) is 44.4 Å². The zero-order valence-corrected chi connectivity index (χ0v) is 15.6. The van der Waals surface area contributed by atoms with E-state index in [2.05, 4.69) is 34.4 Å². The van der Waals surface area contributed by atoms with Crippen molar-refractivity contribution in [2.45, 2.75) is 32.9 Å². The van der Waals surface area contributed by atoms with Crippen LogP contribution in [0.1, 0.15) is 25.8 Å². The van der Waals surface area contributed by atoms with E-state index >= 15 is 0 Å². The zero-order chi connectivity index (χ0) is 18.8. The van der Waals surface area contributed by atoms with Crippen molar-refractivity contribution in [2.24, 2.45) is 4.99 Å². The van der Waals surface area contributed by atoms with Crippen LogP contribution in [0.25, 0.3) is 0 Å². The van der Waals surface area contributed by atoms with Crippen molar-refractivity contribution in [2.75, 3.05) is 39.4 Å². The predicted molar refractivity (Wildman–Crippen MR) is 102 cm³/mol. The van der Waals surface area contributed by atoms with Crippen LogP contribution in [0.3, 0.4) is 0 Å². The Morgan fingerprint density at radius 2 is 2.00 bits per heavy atom. The highest BCUT2D eigenvalue weighted by molar-refractivity contribution is 5.79. The first-order chi connectivity index (χ1) is 12.6. The first-order valence-corrected chi connectivity index (χ1v) is 9.17. The summed E-state index contributed by atoms with van der Waals surface area (Å²) in [6.07, 6.45) is 1.01. The molecule has 1 aliphatic heterocycles. The average molecular weight is 363 g/mol. The van der Waals surface area contributed by atoms with Crippen LogP contribution in [0.5, 0.6) is 0 Å². The van der Waals surface area contributed by atoms with E-state index in [1.54, 1.807) is 12.1 Å². The molecular formula is C18H29N5O3. The molecule has 0 aliphatic carbocycles. The maximum atomic E-state index is 10.7. The highest BCUT2D eigenvalue weighted by Crippen LogP contribution is 2.12. The molecule has 0 saturated carbocycles. The van der Waals surface area contributed by atoms with Gasteiger partial charge in [-0.3, -0.25) is 15.0 Å². The topological polar surface area (TPSA) is 92.0 Å². The molecule has 2 N–H and O–H groups in total. The molecule has 8 nitrogen and oxygen atoms in total. The fraction of sp³-hybridized carbons (Fsp3) is 0.611. The van der Waals surface area contributed by atoms with Crippen LogP contribution in [-0.2, 0) is 11.3 Å². The molecule has 1 unspecified atom stereocenters. The number of non-ortho nitro benzene ring substituents is 1. The summed E-state index contributed by atoms with van der Waals surface area (Å²) in [5.74, 6) is 0.769. The molecule has 1 fully saturated rings. The summed E-state index contributed by atoms with van der Waals surface area (Å²) in [5.41, 5.74) is 1.04. The van der Waals surface area contributed by atoms with Crippen molar-refractivity contribution in [3.05, 3.63) is 39.9 Å². The molecule has 1 aromatic rings. The lowest BCUT2D eigenvalue weighted by molar-refractivity contribution is -0.384. The standard InChI is InChI=1S/C18H29N5O3/c1-3-8-19-18(20-13-15(2)22-9-11-26-12-10-22)21-14-16-4-6-17(7-5-16)23(24)25/h4-7,15H,3,8-14H2,1-2H3,(H2,19,20,21). The number of morpholine rings is 1. The lowest BCUT2D eigenvalue weighted by atomic mass is 10.2. The number of hydrogen-bond acceptors (Lipinski definition) is 5. The highest BCUT2D eigenvalue weighted by atomic mass is 16.6. The van der Waals surface area contributed by atoms with Gasteiger partial charge in [0.2, 0.25) is 0 Å². The summed E-state index contributed by atoms with van der Waals surface area (Å²) < 4.78 is 5.40. The Hall–Kier alpha value is -2.19. The number of nitrogens with zero attached hydrogens (tertiary/aromatic N) is 3.